The molecule has 0 aliphatic carbocycles. The number of esters is 1. The molecule has 3 aromatic carbocycles. The van der Waals surface area contributed by atoms with Gasteiger partial charge in [-0.05, 0) is 78.5 Å². The van der Waals surface area contributed by atoms with Crippen molar-refractivity contribution < 1.29 is 28.8 Å². The SMILES string of the molecule is COC(=O)c1c(-c2cc(OC)c(Cl)c(OC)c2)c2ccc(OC(C)c3cccc(O)n3)cc2c(=O)n1-c1ccc(N)cc1.Cl.Cl. The van der Waals surface area contributed by atoms with Gasteiger partial charge in [0, 0.05) is 23.0 Å². The Labute approximate surface area is 276 Å². The molecule has 13 heteroatoms. The topological polar surface area (TPSA) is 135 Å². The first kappa shape index (κ1) is 34.8. The lowest BCUT2D eigenvalue weighted by Crippen LogP contribution is -2.27. The number of aromatic hydroxyl groups is 1. The van der Waals surface area contributed by atoms with Crippen LogP contribution in [0.25, 0.3) is 27.6 Å². The summed E-state index contributed by atoms with van der Waals surface area (Å²) in [5.74, 6) is 0.0959. The highest BCUT2D eigenvalue weighted by Crippen LogP contribution is 2.42. The Morgan fingerprint density at radius 1 is 0.933 bits per heavy atom. The van der Waals surface area contributed by atoms with Gasteiger partial charge in [-0.2, -0.15) is 0 Å². The number of nitrogen functional groups attached to an aromatic ring is 1. The van der Waals surface area contributed by atoms with Crippen molar-refractivity contribution >= 4 is 58.8 Å². The zero-order chi connectivity index (χ0) is 30.8. The highest BCUT2D eigenvalue weighted by molar-refractivity contribution is 6.33. The number of aromatic nitrogens is 2. The predicted octanol–water partition coefficient (Wildman–Crippen LogP) is 6.78. The van der Waals surface area contributed by atoms with E-state index in [-0.39, 0.29) is 46.8 Å². The standard InChI is InChI=1S/C32H28ClN3O7.2ClH/c1-17(24-6-5-7-27(37)35-24)43-21-12-13-22-23(16-21)31(38)36(20-10-8-19(34)9-11-20)30(32(39)42-4)28(22)18-14-25(40-2)29(33)26(15-18)41-3;;/h5-17H,34H2,1-4H3,(H,35,37);2*1H. The number of ether oxygens (including phenoxy) is 4. The number of benzene rings is 3. The van der Waals surface area contributed by atoms with Crippen molar-refractivity contribution in [1.82, 2.24) is 9.55 Å². The second kappa shape index (κ2) is 14.4. The van der Waals surface area contributed by atoms with E-state index in [1.807, 2.05) is 0 Å². The Kier molecular flexibility index (Phi) is 11.2. The monoisotopic (exact) mass is 673 g/mol. The van der Waals surface area contributed by atoms with Gasteiger partial charge in [-0.3, -0.25) is 9.36 Å². The normalized spacial score (nSPS) is 11.1. The van der Waals surface area contributed by atoms with Gasteiger partial charge in [0.25, 0.3) is 5.56 Å². The molecular weight excluding hydrogens is 645 g/mol. The van der Waals surface area contributed by atoms with Crippen LogP contribution in [0, 0.1) is 0 Å². The first-order chi connectivity index (χ1) is 20.7. The summed E-state index contributed by atoms with van der Waals surface area (Å²) in [5.41, 5.74) is 7.63. The Bertz CT molecular complexity index is 1890. The number of carbonyl (C=O) groups excluding carboxylic acids is 1. The predicted molar refractivity (Wildman–Crippen MR) is 178 cm³/mol. The lowest BCUT2D eigenvalue weighted by molar-refractivity contribution is 0.0591. The first-order valence-corrected chi connectivity index (χ1v) is 13.5. The first-order valence-electron chi connectivity index (χ1n) is 13.1. The van der Waals surface area contributed by atoms with Crippen LogP contribution in [0.4, 0.5) is 5.69 Å². The summed E-state index contributed by atoms with van der Waals surface area (Å²) in [7, 11) is 4.17. The third-order valence-corrected chi connectivity index (χ3v) is 7.28. The van der Waals surface area contributed by atoms with E-state index in [4.69, 9.17) is 36.3 Å². The lowest BCUT2D eigenvalue weighted by Gasteiger charge is -2.21. The summed E-state index contributed by atoms with van der Waals surface area (Å²) in [6.45, 7) is 1.77. The van der Waals surface area contributed by atoms with Gasteiger partial charge in [0.1, 0.15) is 34.1 Å². The maximum Gasteiger partial charge on any atom is 0.355 e. The van der Waals surface area contributed by atoms with Crippen molar-refractivity contribution in [2.45, 2.75) is 13.0 Å². The van der Waals surface area contributed by atoms with Crippen LogP contribution >= 0.6 is 36.4 Å². The van der Waals surface area contributed by atoms with Crippen LogP contribution in [0.3, 0.4) is 0 Å². The Morgan fingerprint density at radius 3 is 2.16 bits per heavy atom. The number of fused-ring (bicyclic) bond motifs is 1. The van der Waals surface area contributed by atoms with Crippen molar-refractivity contribution in [3.05, 3.63) is 99.6 Å². The van der Waals surface area contributed by atoms with E-state index in [2.05, 4.69) is 4.98 Å². The summed E-state index contributed by atoms with van der Waals surface area (Å²) >= 11 is 6.47. The Morgan fingerprint density at radius 2 is 1.58 bits per heavy atom. The minimum atomic E-state index is -0.748. The third kappa shape index (κ3) is 6.73. The van der Waals surface area contributed by atoms with Crippen molar-refractivity contribution in [2.75, 3.05) is 27.1 Å². The zero-order valence-electron chi connectivity index (χ0n) is 24.6. The average molecular weight is 675 g/mol. The van der Waals surface area contributed by atoms with Crippen LogP contribution in [0.2, 0.25) is 5.02 Å². The molecule has 1 unspecified atom stereocenters. The molecule has 0 fully saturated rings. The summed E-state index contributed by atoms with van der Waals surface area (Å²) in [6, 6.07) is 19.7. The van der Waals surface area contributed by atoms with Crippen molar-refractivity contribution in [1.29, 1.82) is 0 Å². The zero-order valence-corrected chi connectivity index (χ0v) is 27.0. The van der Waals surface area contributed by atoms with Crippen LogP contribution in [0.1, 0.15) is 29.2 Å². The van der Waals surface area contributed by atoms with Gasteiger partial charge in [0.15, 0.2) is 0 Å². The smallest absolute Gasteiger partial charge is 0.355 e. The molecule has 45 heavy (non-hydrogen) atoms. The van der Waals surface area contributed by atoms with E-state index in [1.165, 1.54) is 32.0 Å². The van der Waals surface area contributed by atoms with Gasteiger partial charge < -0.3 is 29.8 Å². The average Bonchev–Trinajstić information content (AvgIpc) is 3.01. The number of hydrogen-bond donors (Lipinski definition) is 2. The number of carbonyl (C=O) groups is 1. The highest BCUT2D eigenvalue weighted by Gasteiger charge is 2.27. The fourth-order valence-electron chi connectivity index (χ4n) is 4.85. The molecule has 1 atom stereocenters. The number of anilines is 1. The van der Waals surface area contributed by atoms with Gasteiger partial charge >= 0.3 is 5.97 Å². The van der Waals surface area contributed by atoms with Crippen molar-refractivity contribution in [3.63, 3.8) is 0 Å². The van der Waals surface area contributed by atoms with E-state index in [0.29, 0.717) is 50.8 Å². The Balaban J connectivity index is 0.00000276. The molecule has 236 valence electrons. The summed E-state index contributed by atoms with van der Waals surface area (Å²) in [6.07, 6.45) is -0.553. The number of rotatable bonds is 8. The van der Waals surface area contributed by atoms with Crippen LogP contribution < -0.4 is 25.5 Å². The largest absolute Gasteiger partial charge is 0.495 e. The molecule has 10 nitrogen and oxygen atoms in total. The number of hydrogen-bond acceptors (Lipinski definition) is 9. The molecule has 0 radical (unpaired) electrons. The molecule has 5 rings (SSSR count). The molecule has 0 spiro atoms. The lowest BCUT2D eigenvalue weighted by atomic mass is 9.95. The Hall–Kier alpha value is -4.64. The van der Waals surface area contributed by atoms with E-state index in [1.54, 1.807) is 73.7 Å². The van der Waals surface area contributed by atoms with Gasteiger partial charge in [-0.15, -0.1) is 24.8 Å². The van der Waals surface area contributed by atoms with Crippen molar-refractivity contribution in [3.8, 4) is 39.9 Å². The molecule has 5 aromatic rings. The number of methoxy groups -OCH3 is 3. The minimum absolute atomic E-state index is 0. The van der Waals surface area contributed by atoms with Gasteiger partial charge in [-0.1, -0.05) is 17.7 Å². The molecule has 3 N–H and O–H groups in total. The third-order valence-electron chi connectivity index (χ3n) is 6.90. The quantitative estimate of drug-likeness (QED) is 0.135. The molecule has 2 aromatic heterocycles. The number of nitrogens with zero attached hydrogens (tertiary/aromatic N) is 2. The van der Waals surface area contributed by atoms with Gasteiger partial charge in [0.2, 0.25) is 5.88 Å². The van der Waals surface area contributed by atoms with E-state index in [9.17, 15) is 14.7 Å². The summed E-state index contributed by atoms with van der Waals surface area (Å²) < 4.78 is 23.6. The molecule has 0 saturated carbocycles. The van der Waals surface area contributed by atoms with Gasteiger partial charge in [0.05, 0.1) is 32.4 Å². The van der Waals surface area contributed by atoms with Crippen molar-refractivity contribution in [2.24, 2.45) is 0 Å². The number of halogens is 3. The maximum atomic E-state index is 14.2. The minimum Gasteiger partial charge on any atom is -0.495 e. The molecule has 0 saturated heterocycles. The van der Waals surface area contributed by atoms with E-state index < -0.39 is 17.6 Å². The maximum absolute atomic E-state index is 14.2. The molecule has 2 heterocycles. The van der Waals surface area contributed by atoms with E-state index >= 15 is 0 Å². The molecular formula is C32H30Cl3N3O7. The molecule has 0 amide bonds. The summed E-state index contributed by atoms with van der Waals surface area (Å²) in [5, 5.41) is 10.7. The second-order valence-electron chi connectivity index (χ2n) is 9.53. The fourth-order valence-corrected chi connectivity index (χ4v) is 5.11. The second-order valence-corrected chi connectivity index (χ2v) is 9.91. The van der Waals surface area contributed by atoms with Crippen LogP contribution in [0.15, 0.2) is 77.6 Å². The number of nitrogens with two attached hydrogens (primary N) is 1. The fraction of sp³-hybridized carbons (Fsp3) is 0.156. The summed E-state index contributed by atoms with van der Waals surface area (Å²) in [4.78, 5) is 31.8. The molecule has 0 bridgehead atoms. The van der Waals surface area contributed by atoms with E-state index in [0.717, 1.165) is 0 Å². The highest BCUT2D eigenvalue weighted by atomic mass is 35.5. The van der Waals surface area contributed by atoms with Crippen LogP contribution in [0.5, 0.6) is 23.1 Å². The van der Waals surface area contributed by atoms with Crippen LogP contribution in [-0.2, 0) is 4.74 Å². The molecule has 0 aliphatic heterocycles. The molecule has 0 aliphatic rings. The van der Waals surface area contributed by atoms with Gasteiger partial charge in [-0.25, -0.2) is 9.78 Å². The van der Waals surface area contributed by atoms with Crippen LogP contribution in [-0.4, -0.2) is 42.0 Å². The number of pyridine rings is 2.